The van der Waals surface area contributed by atoms with Gasteiger partial charge in [-0.3, -0.25) is 4.79 Å². The number of carbonyl (C=O) groups is 1. The Hall–Kier alpha value is -1.51. The highest BCUT2D eigenvalue weighted by atomic mass is 16.5. The Bertz CT molecular complexity index is 500. The molecule has 0 spiro atoms. The minimum atomic E-state index is -0.0955. The molecule has 1 aromatic rings. The van der Waals surface area contributed by atoms with Gasteiger partial charge >= 0.3 is 5.97 Å². The van der Waals surface area contributed by atoms with Crippen LogP contribution in [0.25, 0.3) is 0 Å². The van der Waals surface area contributed by atoms with Gasteiger partial charge in [-0.1, -0.05) is 31.5 Å². The van der Waals surface area contributed by atoms with E-state index in [1.165, 1.54) is 19.3 Å². The summed E-state index contributed by atoms with van der Waals surface area (Å²) in [7, 11) is 0. The fourth-order valence-electron chi connectivity index (χ4n) is 3.74. The number of para-hydroxylation sites is 1. The first-order valence-corrected chi connectivity index (χ1v) is 8.33. The maximum atomic E-state index is 12.6. The van der Waals surface area contributed by atoms with Gasteiger partial charge in [-0.2, -0.15) is 0 Å². The Morgan fingerprint density at radius 2 is 2.05 bits per heavy atom. The molecule has 3 atom stereocenters. The van der Waals surface area contributed by atoms with Gasteiger partial charge in [0.05, 0.1) is 5.92 Å². The molecule has 3 unspecified atom stereocenters. The van der Waals surface area contributed by atoms with Crippen LogP contribution in [0.15, 0.2) is 24.3 Å². The molecule has 3 nitrogen and oxygen atoms in total. The normalized spacial score (nSPS) is 28.3. The predicted octanol–water partition coefficient (Wildman–Crippen LogP) is 4.10. The lowest BCUT2D eigenvalue weighted by atomic mass is 9.84. The van der Waals surface area contributed by atoms with Gasteiger partial charge in [-0.05, 0) is 49.7 Å². The number of benzene rings is 1. The minimum Gasteiger partial charge on any atom is -0.462 e. The van der Waals surface area contributed by atoms with Crippen molar-refractivity contribution in [1.82, 2.24) is 0 Å². The largest absolute Gasteiger partial charge is 0.462 e. The third-order valence-corrected chi connectivity index (χ3v) is 5.00. The van der Waals surface area contributed by atoms with Crippen LogP contribution in [-0.4, -0.2) is 18.6 Å². The van der Waals surface area contributed by atoms with Crippen LogP contribution < -0.4 is 5.32 Å². The summed E-state index contributed by atoms with van der Waals surface area (Å²) in [5.74, 6) is 0.441. The molecule has 1 aliphatic carbocycles. The monoisotopic (exact) mass is 287 g/mol. The standard InChI is InChI=1S/C18H25NO2/c1-2-13-7-3-6-10-17(13)21-18(20)15-11-12-19-16-9-5-4-8-14(15)16/h4-5,8-9,13,15,17,19H,2-3,6-7,10-12H2,1H3. The number of carbonyl (C=O) groups excluding carboxylic acids is 1. The third-order valence-electron chi connectivity index (χ3n) is 5.00. The smallest absolute Gasteiger partial charge is 0.313 e. The molecule has 1 aliphatic heterocycles. The minimum absolute atomic E-state index is 0.0192. The van der Waals surface area contributed by atoms with E-state index in [2.05, 4.69) is 12.2 Å². The molecule has 3 rings (SSSR count). The highest BCUT2D eigenvalue weighted by Crippen LogP contribution is 2.35. The first-order valence-electron chi connectivity index (χ1n) is 8.33. The fraction of sp³-hybridized carbons (Fsp3) is 0.611. The summed E-state index contributed by atoms with van der Waals surface area (Å²) in [5, 5.41) is 3.36. The van der Waals surface area contributed by atoms with Crippen molar-refractivity contribution in [1.29, 1.82) is 0 Å². The van der Waals surface area contributed by atoms with Gasteiger partial charge in [0.25, 0.3) is 0 Å². The van der Waals surface area contributed by atoms with Crippen molar-refractivity contribution in [2.24, 2.45) is 5.92 Å². The number of fused-ring (bicyclic) bond motifs is 1. The average Bonchev–Trinajstić information content (AvgIpc) is 2.54. The molecule has 1 heterocycles. The first kappa shape index (κ1) is 14.4. The van der Waals surface area contributed by atoms with Crippen LogP contribution in [-0.2, 0) is 9.53 Å². The topological polar surface area (TPSA) is 38.3 Å². The van der Waals surface area contributed by atoms with Gasteiger partial charge in [-0.25, -0.2) is 0 Å². The molecule has 0 amide bonds. The number of nitrogens with one attached hydrogen (secondary N) is 1. The Morgan fingerprint density at radius 1 is 1.24 bits per heavy atom. The van der Waals surface area contributed by atoms with Crippen LogP contribution in [0.2, 0.25) is 0 Å². The summed E-state index contributed by atoms with van der Waals surface area (Å²) < 4.78 is 5.92. The molecule has 1 aromatic carbocycles. The molecule has 21 heavy (non-hydrogen) atoms. The van der Waals surface area contributed by atoms with Crippen LogP contribution in [0.3, 0.4) is 0 Å². The van der Waals surface area contributed by atoms with Crippen molar-refractivity contribution in [3.05, 3.63) is 29.8 Å². The van der Waals surface area contributed by atoms with E-state index in [9.17, 15) is 4.79 Å². The second kappa shape index (κ2) is 6.50. The number of esters is 1. The van der Waals surface area contributed by atoms with E-state index in [0.29, 0.717) is 5.92 Å². The van der Waals surface area contributed by atoms with Crippen molar-refractivity contribution in [3.63, 3.8) is 0 Å². The molecule has 2 aliphatic rings. The predicted molar refractivity (Wildman–Crippen MR) is 84.4 cm³/mol. The maximum Gasteiger partial charge on any atom is 0.313 e. The van der Waals surface area contributed by atoms with Crippen LogP contribution in [0.5, 0.6) is 0 Å². The maximum absolute atomic E-state index is 12.6. The molecule has 0 radical (unpaired) electrons. The van der Waals surface area contributed by atoms with E-state index in [-0.39, 0.29) is 18.0 Å². The van der Waals surface area contributed by atoms with Gasteiger partial charge in [-0.15, -0.1) is 0 Å². The zero-order chi connectivity index (χ0) is 14.7. The molecule has 0 bridgehead atoms. The zero-order valence-electron chi connectivity index (χ0n) is 12.8. The SMILES string of the molecule is CCC1CCCCC1OC(=O)C1CCNc2ccccc21. The lowest BCUT2D eigenvalue weighted by Gasteiger charge is -2.33. The molecule has 0 saturated heterocycles. The summed E-state index contributed by atoms with van der Waals surface area (Å²) >= 11 is 0. The van der Waals surface area contributed by atoms with Crippen molar-refractivity contribution in [2.75, 3.05) is 11.9 Å². The summed E-state index contributed by atoms with van der Waals surface area (Å²) in [5.41, 5.74) is 2.18. The van der Waals surface area contributed by atoms with E-state index in [1.807, 2.05) is 24.3 Å². The van der Waals surface area contributed by atoms with Crippen LogP contribution in [0.4, 0.5) is 5.69 Å². The Morgan fingerprint density at radius 3 is 2.90 bits per heavy atom. The van der Waals surface area contributed by atoms with Gasteiger partial charge in [0.15, 0.2) is 0 Å². The molecular formula is C18H25NO2. The first-order chi connectivity index (χ1) is 10.3. The second-order valence-electron chi connectivity index (χ2n) is 6.28. The van der Waals surface area contributed by atoms with Crippen LogP contribution in [0, 0.1) is 5.92 Å². The van der Waals surface area contributed by atoms with Gasteiger partial charge in [0.1, 0.15) is 6.10 Å². The highest BCUT2D eigenvalue weighted by molar-refractivity contribution is 5.81. The third kappa shape index (κ3) is 3.07. The number of anilines is 1. The number of hydrogen-bond acceptors (Lipinski definition) is 3. The van der Waals surface area contributed by atoms with E-state index in [1.54, 1.807) is 0 Å². The molecular weight excluding hydrogens is 262 g/mol. The molecule has 1 saturated carbocycles. The Balaban J connectivity index is 1.71. The summed E-state index contributed by atoms with van der Waals surface area (Å²) in [4.78, 5) is 12.6. The Kier molecular flexibility index (Phi) is 4.47. The molecule has 3 heteroatoms. The van der Waals surface area contributed by atoms with E-state index in [0.717, 1.165) is 37.1 Å². The lowest BCUT2D eigenvalue weighted by Crippen LogP contribution is -2.33. The van der Waals surface area contributed by atoms with E-state index >= 15 is 0 Å². The Labute approximate surface area is 127 Å². The van der Waals surface area contributed by atoms with Crippen LogP contribution in [0.1, 0.15) is 56.9 Å². The molecule has 114 valence electrons. The van der Waals surface area contributed by atoms with Gasteiger partial charge < -0.3 is 10.1 Å². The van der Waals surface area contributed by atoms with Crippen LogP contribution >= 0.6 is 0 Å². The summed E-state index contributed by atoms with van der Waals surface area (Å²) in [6, 6.07) is 8.10. The summed E-state index contributed by atoms with van der Waals surface area (Å²) in [6.45, 7) is 3.05. The quantitative estimate of drug-likeness (QED) is 0.851. The zero-order valence-corrected chi connectivity index (χ0v) is 12.8. The highest BCUT2D eigenvalue weighted by Gasteiger charge is 2.32. The second-order valence-corrected chi connectivity index (χ2v) is 6.28. The van der Waals surface area contributed by atoms with E-state index < -0.39 is 0 Å². The average molecular weight is 287 g/mol. The molecule has 1 fully saturated rings. The van der Waals surface area contributed by atoms with E-state index in [4.69, 9.17) is 4.74 Å². The van der Waals surface area contributed by atoms with Gasteiger partial charge in [0, 0.05) is 12.2 Å². The molecule has 1 N–H and O–H groups in total. The number of ether oxygens (including phenoxy) is 1. The van der Waals surface area contributed by atoms with Crippen molar-refractivity contribution in [3.8, 4) is 0 Å². The number of rotatable bonds is 3. The van der Waals surface area contributed by atoms with Crippen molar-refractivity contribution < 1.29 is 9.53 Å². The fourth-order valence-corrected chi connectivity index (χ4v) is 3.74. The van der Waals surface area contributed by atoms with Gasteiger partial charge in [0.2, 0.25) is 0 Å². The number of hydrogen-bond donors (Lipinski definition) is 1. The lowest BCUT2D eigenvalue weighted by molar-refractivity contribution is -0.155. The van der Waals surface area contributed by atoms with Crippen molar-refractivity contribution in [2.45, 2.75) is 57.5 Å². The van der Waals surface area contributed by atoms with Crippen molar-refractivity contribution >= 4 is 11.7 Å². The summed E-state index contributed by atoms with van der Waals surface area (Å²) in [6.07, 6.45) is 6.80. The molecule has 0 aromatic heterocycles.